The van der Waals surface area contributed by atoms with Gasteiger partial charge in [0.1, 0.15) is 6.54 Å². The van der Waals surface area contributed by atoms with Gasteiger partial charge in [-0.1, -0.05) is 41.9 Å². The molecule has 3 rings (SSSR count). The minimum Gasteiger partial charge on any atom is -0.450 e. The summed E-state index contributed by atoms with van der Waals surface area (Å²) < 4.78 is 5.20. The number of carbonyl (C=O) groups excluding carboxylic acids is 2. The summed E-state index contributed by atoms with van der Waals surface area (Å²) in [6, 6.07) is 14.5. The van der Waals surface area contributed by atoms with Crippen LogP contribution < -0.4 is 4.90 Å². The van der Waals surface area contributed by atoms with Gasteiger partial charge in [-0.05, 0) is 30.7 Å². The van der Waals surface area contributed by atoms with Gasteiger partial charge in [0.05, 0.1) is 12.6 Å². The molecule has 6 heteroatoms. The first-order valence-electron chi connectivity index (χ1n) is 8.07. The number of rotatable bonds is 2. The lowest BCUT2D eigenvalue weighted by Gasteiger charge is -2.29. The van der Waals surface area contributed by atoms with Gasteiger partial charge in [0.25, 0.3) is 0 Å². The van der Waals surface area contributed by atoms with E-state index in [1.54, 1.807) is 37.1 Å². The Balaban J connectivity index is 2.22. The zero-order chi connectivity index (χ0) is 18.0. The fourth-order valence-electron chi connectivity index (χ4n) is 3.07. The number of likely N-dealkylation sites (N-methyl/N-ethyl adjacent to an activating group) is 1. The van der Waals surface area contributed by atoms with Crippen LogP contribution in [0.3, 0.4) is 0 Å². The van der Waals surface area contributed by atoms with Gasteiger partial charge in [-0.25, -0.2) is 4.79 Å². The molecule has 0 saturated heterocycles. The van der Waals surface area contributed by atoms with E-state index in [9.17, 15) is 9.59 Å². The van der Waals surface area contributed by atoms with Crippen molar-refractivity contribution in [1.82, 2.24) is 4.90 Å². The van der Waals surface area contributed by atoms with Gasteiger partial charge in [-0.2, -0.15) is 0 Å². The Morgan fingerprint density at radius 1 is 1.24 bits per heavy atom. The van der Waals surface area contributed by atoms with Crippen LogP contribution in [-0.4, -0.2) is 37.1 Å². The van der Waals surface area contributed by atoms with Gasteiger partial charge in [0.15, 0.2) is 0 Å². The highest BCUT2D eigenvalue weighted by Gasteiger charge is 2.36. The molecule has 0 saturated carbocycles. The Bertz CT molecular complexity index is 795. The zero-order valence-corrected chi connectivity index (χ0v) is 14.9. The van der Waals surface area contributed by atoms with E-state index in [0.717, 1.165) is 16.8 Å². The van der Waals surface area contributed by atoms with Crippen LogP contribution in [0.15, 0.2) is 48.5 Å². The predicted molar refractivity (Wildman–Crippen MR) is 96.9 cm³/mol. The Kier molecular flexibility index (Phi) is 4.95. The van der Waals surface area contributed by atoms with Gasteiger partial charge in [-0.3, -0.25) is 9.69 Å². The summed E-state index contributed by atoms with van der Waals surface area (Å²) in [7, 11) is 1.70. The molecule has 0 fully saturated rings. The quantitative estimate of drug-likeness (QED) is 0.819. The molecule has 0 bridgehead atoms. The van der Waals surface area contributed by atoms with Gasteiger partial charge >= 0.3 is 6.09 Å². The van der Waals surface area contributed by atoms with Crippen LogP contribution >= 0.6 is 11.6 Å². The number of carbonyl (C=O) groups is 2. The van der Waals surface area contributed by atoms with Crippen molar-refractivity contribution in [3.05, 3.63) is 64.7 Å². The summed E-state index contributed by atoms with van der Waals surface area (Å²) in [6.45, 7) is 1.91. The first kappa shape index (κ1) is 17.3. The van der Waals surface area contributed by atoms with Crippen molar-refractivity contribution < 1.29 is 14.3 Å². The second kappa shape index (κ2) is 7.15. The molecule has 1 heterocycles. The smallest absolute Gasteiger partial charge is 0.411 e. The third-order valence-corrected chi connectivity index (χ3v) is 4.49. The Hall–Kier alpha value is -2.53. The first-order chi connectivity index (χ1) is 12.0. The molecule has 2 amide bonds. The van der Waals surface area contributed by atoms with E-state index in [2.05, 4.69) is 0 Å². The molecule has 5 nitrogen and oxygen atoms in total. The number of hydrogen-bond acceptors (Lipinski definition) is 3. The monoisotopic (exact) mass is 358 g/mol. The molecule has 0 radical (unpaired) electrons. The van der Waals surface area contributed by atoms with E-state index in [-0.39, 0.29) is 19.1 Å². The number of hydrogen-bond donors (Lipinski definition) is 0. The normalized spacial score (nSPS) is 17.1. The molecule has 25 heavy (non-hydrogen) atoms. The van der Waals surface area contributed by atoms with E-state index < -0.39 is 12.1 Å². The van der Waals surface area contributed by atoms with E-state index in [1.807, 2.05) is 30.3 Å². The lowest BCUT2D eigenvalue weighted by atomic mass is 9.96. The summed E-state index contributed by atoms with van der Waals surface area (Å²) in [5.74, 6) is -0.185. The van der Waals surface area contributed by atoms with E-state index in [4.69, 9.17) is 16.3 Å². The average molecular weight is 359 g/mol. The van der Waals surface area contributed by atoms with Crippen LogP contribution in [0, 0.1) is 0 Å². The molecule has 1 aliphatic rings. The molecule has 1 atom stereocenters. The van der Waals surface area contributed by atoms with Crippen LogP contribution in [-0.2, 0) is 9.53 Å². The molecule has 0 spiro atoms. The van der Waals surface area contributed by atoms with Crippen LogP contribution in [0.2, 0.25) is 5.02 Å². The number of halogens is 1. The van der Waals surface area contributed by atoms with Gasteiger partial charge < -0.3 is 9.64 Å². The Morgan fingerprint density at radius 3 is 2.64 bits per heavy atom. The van der Waals surface area contributed by atoms with Crippen molar-refractivity contribution in [2.24, 2.45) is 0 Å². The summed E-state index contributed by atoms with van der Waals surface area (Å²) >= 11 is 6.22. The molecular weight excluding hydrogens is 340 g/mol. The second-order valence-corrected chi connectivity index (χ2v) is 6.23. The average Bonchev–Trinajstić information content (AvgIpc) is 2.71. The molecule has 0 N–H and O–H groups in total. The fraction of sp³-hybridized carbons (Fsp3) is 0.263. The van der Waals surface area contributed by atoms with Crippen LogP contribution in [0.25, 0.3) is 0 Å². The summed E-state index contributed by atoms with van der Waals surface area (Å²) in [6.07, 6.45) is -0.522. The number of amides is 2. The Labute approximate surface area is 151 Å². The van der Waals surface area contributed by atoms with E-state index >= 15 is 0 Å². The summed E-state index contributed by atoms with van der Waals surface area (Å²) in [4.78, 5) is 28.2. The lowest BCUT2D eigenvalue weighted by molar-refractivity contribution is -0.119. The van der Waals surface area contributed by atoms with Gasteiger partial charge in [0.2, 0.25) is 5.91 Å². The maximum atomic E-state index is 12.6. The second-order valence-electron chi connectivity index (χ2n) is 5.80. The van der Waals surface area contributed by atoms with Gasteiger partial charge in [0, 0.05) is 23.3 Å². The van der Waals surface area contributed by atoms with Crippen molar-refractivity contribution in [1.29, 1.82) is 0 Å². The molecule has 130 valence electrons. The number of anilines is 1. The van der Waals surface area contributed by atoms with E-state index in [1.165, 1.54) is 4.90 Å². The van der Waals surface area contributed by atoms with Crippen molar-refractivity contribution >= 4 is 29.3 Å². The van der Waals surface area contributed by atoms with E-state index in [0.29, 0.717) is 5.02 Å². The van der Waals surface area contributed by atoms with Crippen molar-refractivity contribution in [3.63, 3.8) is 0 Å². The molecule has 1 aliphatic heterocycles. The van der Waals surface area contributed by atoms with Crippen LogP contribution in [0.4, 0.5) is 10.5 Å². The molecule has 2 aromatic carbocycles. The molecular formula is C19H19ClN2O3. The molecule has 2 aromatic rings. The number of ether oxygens (including phenoxy) is 1. The first-order valence-corrected chi connectivity index (χ1v) is 8.45. The third-order valence-electron chi connectivity index (χ3n) is 4.25. The molecule has 0 aliphatic carbocycles. The minimum atomic E-state index is -0.522. The lowest BCUT2D eigenvalue weighted by Crippen LogP contribution is -2.41. The maximum absolute atomic E-state index is 12.6. The largest absolute Gasteiger partial charge is 0.450 e. The summed E-state index contributed by atoms with van der Waals surface area (Å²) in [5.41, 5.74) is 2.41. The maximum Gasteiger partial charge on any atom is 0.411 e. The Morgan fingerprint density at radius 2 is 1.96 bits per heavy atom. The van der Waals surface area contributed by atoms with Crippen LogP contribution in [0.5, 0.6) is 0 Å². The highest BCUT2D eigenvalue weighted by atomic mass is 35.5. The van der Waals surface area contributed by atoms with Crippen molar-refractivity contribution in [3.8, 4) is 0 Å². The molecule has 0 aromatic heterocycles. The molecule has 1 unspecified atom stereocenters. The number of benzene rings is 2. The van der Waals surface area contributed by atoms with Crippen molar-refractivity contribution in [2.45, 2.75) is 13.0 Å². The third kappa shape index (κ3) is 3.33. The highest BCUT2D eigenvalue weighted by Crippen LogP contribution is 2.39. The van der Waals surface area contributed by atoms with Crippen LogP contribution in [0.1, 0.15) is 24.1 Å². The zero-order valence-electron chi connectivity index (χ0n) is 14.1. The fourth-order valence-corrected chi connectivity index (χ4v) is 3.25. The minimum absolute atomic E-state index is 0.0683. The van der Waals surface area contributed by atoms with Crippen molar-refractivity contribution in [2.75, 3.05) is 25.1 Å². The topological polar surface area (TPSA) is 49.9 Å². The highest BCUT2D eigenvalue weighted by molar-refractivity contribution is 6.30. The SMILES string of the molecule is CCOC(=O)N1CC(=O)N(C)c2ccc(Cl)cc2C1c1ccccc1. The number of fused-ring (bicyclic) bond motifs is 1. The summed E-state index contributed by atoms with van der Waals surface area (Å²) in [5, 5.41) is 0.547. The number of nitrogens with zero attached hydrogens (tertiary/aromatic N) is 2. The van der Waals surface area contributed by atoms with Gasteiger partial charge in [-0.15, -0.1) is 0 Å². The standard InChI is InChI=1S/C19H19ClN2O3/c1-3-25-19(24)22-12-17(23)21(2)16-10-9-14(20)11-15(16)18(22)13-7-5-4-6-8-13/h4-11,18H,3,12H2,1-2H3. The predicted octanol–water partition coefficient (Wildman–Crippen LogP) is 3.86.